The van der Waals surface area contributed by atoms with Crippen LogP contribution in [0.5, 0.6) is 0 Å². The monoisotopic (exact) mass is 462 g/mol. The Kier molecular flexibility index (Phi) is 5.99. The van der Waals surface area contributed by atoms with Gasteiger partial charge in [0, 0.05) is 43.7 Å². The zero-order valence-electron chi connectivity index (χ0n) is 17.4. The number of anilines is 1. The number of hydrogen-bond acceptors (Lipinski definition) is 8. The van der Waals surface area contributed by atoms with Gasteiger partial charge in [0.1, 0.15) is 11.9 Å². The van der Waals surface area contributed by atoms with Gasteiger partial charge in [0.2, 0.25) is 0 Å². The Bertz CT molecular complexity index is 1140. The van der Waals surface area contributed by atoms with E-state index in [1.54, 1.807) is 46.0 Å². The summed E-state index contributed by atoms with van der Waals surface area (Å²) in [6.07, 6.45) is 2.46. The number of pyridine rings is 1. The van der Waals surface area contributed by atoms with Gasteiger partial charge >= 0.3 is 0 Å². The van der Waals surface area contributed by atoms with Gasteiger partial charge in [0.05, 0.1) is 28.7 Å². The Hall–Kier alpha value is -3.06. The third kappa shape index (κ3) is 4.17. The molecule has 1 unspecified atom stereocenters. The molecule has 0 radical (unpaired) electrons. The maximum atomic E-state index is 13.3. The third-order valence-electron chi connectivity index (χ3n) is 5.78. The number of piperazine rings is 1. The van der Waals surface area contributed by atoms with Crippen LogP contribution in [0.4, 0.5) is 5.82 Å². The fourth-order valence-electron chi connectivity index (χ4n) is 4.15. The zero-order valence-corrected chi connectivity index (χ0v) is 19.1. The number of amides is 1. The second-order valence-corrected chi connectivity index (χ2v) is 9.67. The molecule has 0 saturated carbocycles. The Balaban J connectivity index is 1.26. The van der Waals surface area contributed by atoms with Crippen molar-refractivity contribution in [1.29, 1.82) is 5.26 Å². The van der Waals surface area contributed by atoms with Gasteiger partial charge in [0.15, 0.2) is 0 Å². The van der Waals surface area contributed by atoms with Gasteiger partial charge in [-0.3, -0.25) is 9.69 Å². The molecule has 1 atom stereocenters. The third-order valence-corrected chi connectivity index (χ3v) is 7.67. The van der Waals surface area contributed by atoms with Gasteiger partial charge in [-0.1, -0.05) is 12.1 Å². The summed E-state index contributed by atoms with van der Waals surface area (Å²) in [6.45, 7) is 3.29. The van der Waals surface area contributed by atoms with E-state index >= 15 is 0 Å². The van der Waals surface area contributed by atoms with E-state index in [4.69, 9.17) is 5.10 Å². The molecule has 162 valence electrons. The minimum Gasteiger partial charge on any atom is -0.353 e. The van der Waals surface area contributed by atoms with Crippen LogP contribution >= 0.6 is 22.7 Å². The fourth-order valence-corrected chi connectivity index (χ4v) is 5.68. The van der Waals surface area contributed by atoms with Crippen molar-refractivity contribution in [2.24, 2.45) is 5.10 Å². The molecule has 2 aliphatic heterocycles. The molecule has 9 heteroatoms. The summed E-state index contributed by atoms with van der Waals surface area (Å²) >= 11 is 3.33. The molecule has 0 N–H and O–H groups in total. The Labute approximate surface area is 194 Å². The minimum atomic E-state index is -0.0346. The molecule has 0 aromatic carbocycles. The van der Waals surface area contributed by atoms with Gasteiger partial charge in [-0.15, -0.1) is 22.7 Å². The van der Waals surface area contributed by atoms with Crippen molar-refractivity contribution in [2.75, 3.05) is 37.6 Å². The summed E-state index contributed by atoms with van der Waals surface area (Å²) in [5, 5.41) is 19.9. The zero-order chi connectivity index (χ0) is 21.9. The molecular weight excluding hydrogens is 440 g/mol. The van der Waals surface area contributed by atoms with E-state index in [0.717, 1.165) is 53.9 Å². The first kappa shape index (κ1) is 20.8. The largest absolute Gasteiger partial charge is 0.353 e. The van der Waals surface area contributed by atoms with Crippen molar-refractivity contribution >= 4 is 40.1 Å². The van der Waals surface area contributed by atoms with Crippen molar-refractivity contribution in [3.05, 3.63) is 68.7 Å². The van der Waals surface area contributed by atoms with Gasteiger partial charge in [-0.25, -0.2) is 9.99 Å². The average molecular weight is 463 g/mol. The number of hydrazone groups is 1. The Morgan fingerprint density at radius 3 is 2.62 bits per heavy atom. The van der Waals surface area contributed by atoms with E-state index in [0.29, 0.717) is 12.1 Å². The van der Waals surface area contributed by atoms with E-state index in [1.807, 2.05) is 22.9 Å². The predicted octanol–water partition coefficient (Wildman–Crippen LogP) is 3.58. The lowest BCUT2D eigenvalue weighted by atomic mass is 10.1. The molecular formula is C23H22N6OS2. The first-order chi connectivity index (χ1) is 15.7. The Morgan fingerprint density at radius 2 is 1.91 bits per heavy atom. The van der Waals surface area contributed by atoms with Gasteiger partial charge < -0.3 is 4.90 Å². The van der Waals surface area contributed by atoms with Crippen LogP contribution in [0.1, 0.15) is 27.8 Å². The quantitative estimate of drug-likeness (QED) is 0.579. The van der Waals surface area contributed by atoms with Gasteiger partial charge in [-0.05, 0) is 35.0 Å². The van der Waals surface area contributed by atoms with Crippen LogP contribution in [0, 0.1) is 11.3 Å². The lowest BCUT2D eigenvalue weighted by Gasteiger charge is -2.36. The lowest BCUT2D eigenvalue weighted by Crippen LogP contribution is -2.50. The van der Waals surface area contributed by atoms with Crippen molar-refractivity contribution in [3.63, 3.8) is 0 Å². The molecule has 1 fully saturated rings. The topological polar surface area (TPSA) is 75.8 Å². The van der Waals surface area contributed by atoms with Crippen LogP contribution in [0.25, 0.3) is 0 Å². The van der Waals surface area contributed by atoms with E-state index in [1.165, 1.54) is 0 Å². The maximum Gasteiger partial charge on any atom is 0.257 e. The SMILES string of the molecule is N#Cc1cccnc1N1CCN(CC(=O)N2N=C(c3cccs3)CC2c2cccs2)CC1. The van der Waals surface area contributed by atoms with E-state index in [2.05, 4.69) is 33.0 Å². The molecule has 32 heavy (non-hydrogen) atoms. The minimum absolute atomic E-state index is 0.0268. The highest BCUT2D eigenvalue weighted by molar-refractivity contribution is 7.12. The molecule has 3 aromatic rings. The Morgan fingerprint density at radius 1 is 1.09 bits per heavy atom. The summed E-state index contributed by atoms with van der Waals surface area (Å²) in [7, 11) is 0. The van der Waals surface area contributed by atoms with Crippen LogP contribution in [0.3, 0.4) is 0 Å². The number of rotatable bonds is 5. The molecule has 0 spiro atoms. The van der Waals surface area contributed by atoms with Crippen LogP contribution in [-0.4, -0.2) is 59.2 Å². The molecule has 0 bridgehead atoms. The molecule has 1 amide bonds. The van der Waals surface area contributed by atoms with Crippen LogP contribution in [0.15, 0.2) is 58.5 Å². The van der Waals surface area contributed by atoms with Crippen LogP contribution < -0.4 is 4.90 Å². The molecule has 5 heterocycles. The number of nitrogens with zero attached hydrogens (tertiary/aromatic N) is 6. The molecule has 1 saturated heterocycles. The highest BCUT2D eigenvalue weighted by Crippen LogP contribution is 2.36. The molecule has 5 rings (SSSR count). The highest BCUT2D eigenvalue weighted by Gasteiger charge is 2.35. The normalized spacial score (nSPS) is 19.1. The first-order valence-corrected chi connectivity index (χ1v) is 12.3. The van der Waals surface area contributed by atoms with Crippen molar-refractivity contribution in [3.8, 4) is 6.07 Å². The number of aromatic nitrogens is 1. The van der Waals surface area contributed by atoms with Gasteiger partial charge in [-0.2, -0.15) is 10.4 Å². The molecule has 3 aromatic heterocycles. The summed E-state index contributed by atoms with van der Waals surface area (Å²) in [6, 6.07) is 13.9. The van der Waals surface area contributed by atoms with Gasteiger partial charge in [0.25, 0.3) is 5.91 Å². The molecule has 0 aliphatic carbocycles. The number of hydrogen-bond donors (Lipinski definition) is 0. The fraction of sp³-hybridized carbons (Fsp3) is 0.304. The second-order valence-electron chi connectivity index (χ2n) is 7.75. The number of carbonyl (C=O) groups excluding carboxylic acids is 1. The van der Waals surface area contributed by atoms with Crippen molar-refractivity contribution < 1.29 is 4.79 Å². The first-order valence-electron chi connectivity index (χ1n) is 10.5. The second kappa shape index (κ2) is 9.20. The maximum absolute atomic E-state index is 13.3. The standard InChI is InChI=1S/C23H22N6OS2/c24-15-17-4-1-7-25-23(17)28-10-8-27(9-11-28)16-22(30)29-19(21-6-3-13-32-21)14-18(26-29)20-5-2-12-31-20/h1-7,12-13,19H,8-11,14,16H2. The number of thiophene rings is 2. The summed E-state index contributed by atoms with van der Waals surface area (Å²) in [5.74, 6) is 0.752. The summed E-state index contributed by atoms with van der Waals surface area (Å²) < 4.78 is 0. The van der Waals surface area contributed by atoms with E-state index in [-0.39, 0.29) is 11.9 Å². The van der Waals surface area contributed by atoms with Crippen molar-refractivity contribution in [2.45, 2.75) is 12.5 Å². The lowest BCUT2D eigenvalue weighted by molar-refractivity contribution is -0.134. The highest BCUT2D eigenvalue weighted by atomic mass is 32.1. The number of carbonyl (C=O) groups is 1. The summed E-state index contributed by atoms with van der Waals surface area (Å²) in [4.78, 5) is 24.3. The number of nitriles is 1. The molecule has 7 nitrogen and oxygen atoms in total. The summed E-state index contributed by atoms with van der Waals surface area (Å²) in [5.41, 5.74) is 1.57. The smallest absolute Gasteiger partial charge is 0.257 e. The van der Waals surface area contributed by atoms with E-state index in [9.17, 15) is 10.1 Å². The van der Waals surface area contributed by atoms with Crippen LogP contribution in [0.2, 0.25) is 0 Å². The average Bonchev–Trinajstić information content (AvgIpc) is 3.60. The van der Waals surface area contributed by atoms with Crippen LogP contribution in [-0.2, 0) is 4.79 Å². The predicted molar refractivity (Wildman–Crippen MR) is 127 cm³/mol. The van der Waals surface area contributed by atoms with E-state index < -0.39 is 0 Å². The van der Waals surface area contributed by atoms with Crippen molar-refractivity contribution in [1.82, 2.24) is 14.9 Å². The molecule has 2 aliphatic rings.